The number of carbonyl (C=O) groups excluding carboxylic acids is 1. The van der Waals surface area contributed by atoms with Crippen molar-refractivity contribution in [2.75, 3.05) is 31.3 Å². The number of pyridine rings is 1. The molecular weight excluding hydrogens is 380 g/mol. The molecule has 0 aliphatic carbocycles. The molecule has 156 valence electrons. The SMILES string of the molecule is C=C(N[C@@H]1CCN(C)C1=O)c1cnn2c(NC)cc(Nc3cc(C)cc(C)n3)nc12. The van der Waals surface area contributed by atoms with Crippen LogP contribution in [0.15, 0.2) is 31.0 Å². The Kier molecular flexibility index (Phi) is 5.03. The predicted molar refractivity (Wildman–Crippen MR) is 118 cm³/mol. The summed E-state index contributed by atoms with van der Waals surface area (Å²) in [6.45, 7) is 8.86. The van der Waals surface area contributed by atoms with Crippen molar-refractivity contribution in [3.63, 3.8) is 0 Å². The molecule has 1 atom stereocenters. The number of rotatable bonds is 6. The summed E-state index contributed by atoms with van der Waals surface area (Å²) in [7, 11) is 3.64. The van der Waals surface area contributed by atoms with Crippen LogP contribution in [0.5, 0.6) is 0 Å². The number of carbonyl (C=O) groups is 1. The van der Waals surface area contributed by atoms with E-state index in [0.29, 0.717) is 17.2 Å². The number of amides is 1. The third-order valence-electron chi connectivity index (χ3n) is 5.18. The molecule has 4 heterocycles. The third kappa shape index (κ3) is 3.66. The van der Waals surface area contributed by atoms with Gasteiger partial charge in [0.1, 0.15) is 23.5 Å². The van der Waals surface area contributed by atoms with Gasteiger partial charge in [-0.15, -0.1) is 0 Å². The zero-order chi connectivity index (χ0) is 21.4. The van der Waals surface area contributed by atoms with Crippen molar-refractivity contribution >= 4 is 34.7 Å². The summed E-state index contributed by atoms with van der Waals surface area (Å²) >= 11 is 0. The first-order valence-corrected chi connectivity index (χ1v) is 9.85. The van der Waals surface area contributed by atoms with Crippen LogP contribution in [-0.2, 0) is 4.79 Å². The molecule has 0 radical (unpaired) electrons. The normalized spacial score (nSPS) is 16.2. The lowest BCUT2D eigenvalue weighted by atomic mass is 10.2. The molecule has 4 rings (SSSR count). The van der Waals surface area contributed by atoms with Crippen LogP contribution in [0.25, 0.3) is 11.3 Å². The monoisotopic (exact) mass is 406 g/mol. The second-order valence-electron chi connectivity index (χ2n) is 7.59. The van der Waals surface area contributed by atoms with Crippen LogP contribution in [0.3, 0.4) is 0 Å². The number of likely N-dealkylation sites (tertiary alicyclic amines) is 1. The number of aromatic nitrogens is 4. The Morgan fingerprint density at radius 2 is 1.97 bits per heavy atom. The van der Waals surface area contributed by atoms with Gasteiger partial charge in [-0.1, -0.05) is 6.58 Å². The first-order valence-electron chi connectivity index (χ1n) is 9.85. The van der Waals surface area contributed by atoms with E-state index in [-0.39, 0.29) is 11.9 Å². The van der Waals surface area contributed by atoms with E-state index < -0.39 is 0 Å². The fourth-order valence-corrected chi connectivity index (χ4v) is 3.70. The van der Waals surface area contributed by atoms with Gasteiger partial charge >= 0.3 is 0 Å². The van der Waals surface area contributed by atoms with E-state index in [1.54, 1.807) is 15.6 Å². The first-order chi connectivity index (χ1) is 14.4. The molecule has 1 saturated heterocycles. The highest BCUT2D eigenvalue weighted by atomic mass is 16.2. The number of hydrogen-bond donors (Lipinski definition) is 3. The maximum Gasteiger partial charge on any atom is 0.244 e. The summed E-state index contributed by atoms with van der Waals surface area (Å²) in [4.78, 5) is 23.2. The Morgan fingerprint density at radius 3 is 2.63 bits per heavy atom. The number of likely N-dealkylation sites (N-methyl/N-ethyl adjacent to an activating group) is 1. The van der Waals surface area contributed by atoms with E-state index in [4.69, 9.17) is 4.98 Å². The minimum atomic E-state index is -0.276. The molecule has 3 aromatic rings. The molecule has 0 saturated carbocycles. The number of fused-ring (bicyclic) bond motifs is 1. The van der Waals surface area contributed by atoms with Gasteiger partial charge in [0.15, 0.2) is 5.65 Å². The molecule has 9 nitrogen and oxygen atoms in total. The molecule has 30 heavy (non-hydrogen) atoms. The quantitative estimate of drug-likeness (QED) is 0.578. The van der Waals surface area contributed by atoms with Gasteiger partial charge in [-0.3, -0.25) is 4.79 Å². The highest BCUT2D eigenvalue weighted by Gasteiger charge is 2.29. The molecule has 0 bridgehead atoms. The summed E-state index contributed by atoms with van der Waals surface area (Å²) in [6, 6.07) is 5.59. The van der Waals surface area contributed by atoms with Crippen LogP contribution >= 0.6 is 0 Å². The number of aryl methyl sites for hydroxylation is 2. The van der Waals surface area contributed by atoms with Gasteiger partial charge in [-0.25, -0.2) is 9.97 Å². The smallest absolute Gasteiger partial charge is 0.244 e. The van der Waals surface area contributed by atoms with Crippen LogP contribution in [0.2, 0.25) is 0 Å². The molecule has 0 spiro atoms. The van der Waals surface area contributed by atoms with Crippen LogP contribution in [0.4, 0.5) is 17.5 Å². The van der Waals surface area contributed by atoms with Crippen molar-refractivity contribution in [1.29, 1.82) is 0 Å². The molecule has 1 aliphatic rings. The lowest BCUT2D eigenvalue weighted by molar-refractivity contribution is -0.128. The Bertz CT molecular complexity index is 1120. The minimum Gasteiger partial charge on any atom is -0.373 e. The Morgan fingerprint density at radius 1 is 1.20 bits per heavy atom. The molecule has 3 aromatic heterocycles. The Labute approximate surface area is 175 Å². The van der Waals surface area contributed by atoms with E-state index in [9.17, 15) is 4.79 Å². The maximum absolute atomic E-state index is 12.2. The number of nitrogens with zero attached hydrogens (tertiary/aromatic N) is 5. The second-order valence-corrected chi connectivity index (χ2v) is 7.59. The van der Waals surface area contributed by atoms with Gasteiger partial charge in [0.2, 0.25) is 5.91 Å². The molecule has 1 amide bonds. The van der Waals surface area contributed by atoms with E-state index in [0.717, 1.165) is 41.4 Å². The zero-order valence-electron chi connectivity index (χ0n) is 17.7. The number of anilines is 3. The maximum atomic E-state index is 12.2. The second kappa shape index (κ2) is 7.66. The van der Waals surface area contributed by atoms with Crippen molar-refractivity contribution in [1.82, 2.24) is 29.8 Å². The summed E-state index contributed by atoms with van der Waals surface area (Å²) in [5.41, 5.74) is 4.04. The molecular formula is C21H26N8O. The van der Waals surface area contributed by atoms with Crippen LogP contribution < -0.4 is 16.0 Å². The third-order valence-corrected chi connectivity index (χ3v) is 5.18. The van der Waals surface area contributed by atoms with Crippen molar-refractivity contribution in [3.8, 4) is 0 Å². The number of hydrogen-bond acceptors (Lipinski definition) is 7. The molecule has 1 aliphatic heterocycles. The van der Waals surface area contributed by atoms with Crippen LogP contribution in [-0.4, -0.2) is 57.1 Å². The summed E-state index contributed by atoms with van der Waals surface area (Å²) < 4.78 is 1.71. The topological polar surface area (TPSA) is 99.5 Å². The van der Waals surface area contributed by atoms with E-state index >= 15 is 0 Å². The van der Waals surface area contributed by atoms with Crippen LogP contribution in [0, 0.1) is 13.8 Å². The minimum absolute atomic E-state index is 0.0692. The van der Waals surface area contributed by atoms with Crippen molar-refractivity contribution in [2.24, 2.45) is 0 Å². The zero-order valence-corrected chi connectivity index (χ0v) is 17.7. The van der Waals surface area contributed by atoms with Crippen LogP contribution in [0.1, 0.15) is 23.2 Å². The molecule has 0 aromatic carbocycles. The average Bonchev–Trinajstić information content (AvgIpc) is 3.25. The molecule has 0 unspecified atom stereocenters. The highest BCUT2D eigenvalue weighted by molar-refractivity contribution is 5.86. The number of nitrogens with one attached hydrogen (secondary N) is 3. The average molecular weight is 406 g/mol. The van der Waals surface area contributed by atoms with E-state index in [2.05, 4.69) is 32.6 Å². The van der Waals surface area contributed by atoms with Gasteiger partial charge in [-0.05, 0) is 38.0 Å². The molecule has 1 fully saturated rings. The standard InChI is InChI=1S/C21H26N8O/c1-12-8-13(2)24-17(9-12)26-18-10-19(22-4)29-20(27-18)15(11-23-29)14(3)25-16-6-7-28(5)21(16)30/h8-11,16,22,25H,3,6-7H2,1-2,4-5H3,(H,24,26,27)/t16-/m1/s1. The highest BCUT2D eigenvalue weighted by Crippen LogP contribution is 2.25. The van der Waals surface area contributed by atoms with E-state index in [1.165, 1.54) is 0 Å². The van der Waals surface area contributed by atoms with Gasteiger partial charge in [0.25, 0.3) is 0 Å². The van der Waals surface area contributed by atoms with Crippen molar-refractivity contribution < 1.29 is 4.79 Å². The fourth-order valence-electron chi connectivity index (χ4n) is 3.70. The van der Waals surface area contributed by atoms with Gasteiger partial charge in [0, 0.05) is 38.1 Å². The lowest BCUT2D eigenvalue weighted by Crippen LogP contribution is -2.35. The Balaban J connectivity index is 1.67. The lowest BCUT2D eigenvalue weighted by Gasteiger charge is -2.15. The van der Waals surface area contributed by atoms with Gasteiger partial charge in [0.05, 0.1) is 11.8 Å². The van der Waals surface area contributed by atoms with Crippen molar-refractivity contribution in [3.05, 3.63) is 47.8 Å². The molecule has 9 heteroatoms. The van der Waals surface area contributed by atoms with E-state index in [1.807, 2.05) is 46.1 Å². The first kappa shape index (κ1) is 19.7. The van der Waals surface area contributed by atoms with Gasteiger partial charge < -0.3 is 20.9 Å². The van der Waals surface area contributed by atoms with Crippen molar-refractivity contribution in [2.45, 2.75) is 26.3 Å². The summed E-state index contributed by atoms with van der Waals surface area (Å²) in [5, 5.41) is 14.1. The predicted octanol–water partition coefficient (Wildman–Crippen LogP) is 2.32. The molecule has 3 N–H and O–H groups in total. The van der Waals surface area contributed by atoms with Gasteiger partial charge in [-0.2, -0.15) is 9.61 Å². The summed E-state index contributed by atoms with van der Waals surface area (Å²) in [6.07, 6.45) is 2.45. The fraction of sp³-hybridized carbons (Fsp3) is 0.333. The summed E-state index contributed by atoms with van der Waals surface area (Å²) in [5.74, 6) is 2.20. The Hall–Kier alpha value is -3.62. The largest absolute Gasteiger partial charge is 0.373 e.